The number of aromatic nitrogens is 2. The van der Waals surface area contributed by atoms with Gasteiger partial charge in [0.25, 0.3) is 0 Å². The van der Waals surface area contributed by atoms with Gasteiger partial charge in [-0.3, -0.25) is 0 Å². The Bertz CT molecular complexity index is 587. The molecule has 0 saturated carbocycles. The van der Waals surface area contributed by atoms with Crippen LogP contribution >= 0.6 is 27.7 Å². The second kappa shape index (κ2) is 7.92. The molecule has 3 nitrogen and oxygen atoms in total. The number of nitrogens with one attached hydrogen (secondary N) is 1. The van der Waals surface area contributed by atoms with E-state index in [9.17, 15) is 0 Å². The highest BCUT2D eigenvalue weighted by atomic mass is 79.9. The summed E-state index contributed by atoms with van der Waals surface area (Å²) in [6, 6.07) is 6.69. The smallest absolute Gasteiger partial charge is 0.192 e. The number of hydrogen-bond donors (Lipinski definition) is 1. The van der Waals surface area contributed by atoms with Crippen molar-refractivity contribution in [1.82, 2.24) is 15.3 Å². The van der Waals surface area contributed by atoms with Crippen LogP contribution in [-0.4, -0.2) is 16.5 Å². The number of aryl methyl sites for hydroxylation is 1. The van der Waals surface area contributed by atoms with E-state index >= 15 is 0 Å². The van der Waals surface area contributed by atoms with Crippen LogP contribution in [0.15, 0.2) is 45.1 Å². The second-order valence-electron chi connectivity index (χ2n) is 5.00. The Hall–Kier alpha value is -0.910. The lowest BCUT2D eigenvalue weighted by Gasteiger charge is -2.17. The summed E-state index contributed by atoms with van der Waals surface area (Å²) in [5, 5.41) is 4.31. The van der Waals surface area contributed by atoms with Crippen molar-refractivity contribution in [2.75, 3.05) is 6.54 Å². The van der Waals surface area contributed by atoms with Crippen LogP contribution in [0, 0.1) is 6.92 Å². The zero-order valence-corrected chi connectivity index (χ0v) is 15.0. The fourth-order valence-electron chi connectivity index (χ4n) is 1.96. The van der Waals surface area contributed by atoms with Gasteiger partial charge in [0.2, 0.25) is 0 Å². The van der Waals surface area contributed by atoms with Crippen LogP contribution in [0.3, 0.4) is 0 Å². The summed E-state index contributed by atoms with van der Waals surface area (Å²) in [7, 11) is 0. The molecule has 0 saturated heterocycles. The molecule has 0 spiro atoms. The number of benzene rings is 1. The van der Waals surface area contributed by atoms with E-state index in [1.165, 1.54) is 10.5 Å². The SMILES string of the molecule is CCCNC(C)c1ccc(Br)cc1Sc1ncc(C)cn1. The molecule has 1 aromatic heterocycles. The van der Waals surface area contributed by atoms with Crippen molar-refractivity contribution in [2.45, 2.75) is 43.3 Å². The Labute approximate surface area is 139 Å². The highest BCUT2D eigenvalue weighted by Crippen LogP contribution is 2.33. The van der Waals surface area contributed by atoms with Gasteiger partial charge in [-0.1, -0.05) is 28.9 Å². The van der Waals surface area contributed by atoms with Gasteiger partial charge < -0.3 is 5.32 Å². The van der Waals surface area contributed by atoms with Crippen LogP contribution in [0.2, 0.25) is 0 Å². The largest absolute Gasteiger partial charge is 0.310 e. The van der Waals surface area contributed by atoms with Crippen molar-refractivity contribution in [3.63, 3.8) is 0 Å². The van der Waals surface area contributed by atoms with Gasteiger partial charge >= 0.3 is 0 Å². The van der Waals surface area contributed by atoms with E-state index in [0.29, 0.717) is 6.04 Å². The van der Waals surface area contributed by atoms with Gasteiger partial charge in [-0.2, -0.15) is 0 Å². The average molecular weight is 366 g/mol. The van der Waals surface area contributed by atoms with Crippen molar-refractivity contribution in [3.8, 4) is 0 Å². The minimum absolute atomic E-state index is 0.311. The first kappa shape index (κ1) is 16.5. The molecule has 0 amide bonds. The van der Waals surface area contributed by atoms with Gasteiger partial charge in [-0.15, -0.1) is 0 Å². The second-order valence-corrected chi connectivity index (χ2v) is 6.93. The lowest BCUT2D eigenvalue weighted by Crippen LogP contribution is -2.19. The summed E-state index contributed by atoms with van der Waals surface area (Å²) in [5.41, 5.74) is 2.35. The standard InChI is InChI=1S/C16H20BrN3S/c1-4-7-18-12(3)14-6-5-13(17)8-15(14)21-16-19-9-11(2)10-20-16/h5-6,8-10,12,18H,4,7H2,1-3H3. The van der Waals surface area contributed by atoms with E-state index in [-0.39, 0.29) is 0 Å². The quantitative estimate of drug-likeness (QED) is 0.748. The van der Waals surface area contributed by atoms with Crippen molar-refractivity contribution >= 4 is 27.7 Å². The van der Waals surface area contributed by atoms with Gasteiger partial charge in [0, 0.05) is 27.8 Å². The van der Waals surface area contributed by atoms with Crippen LogP contribution in [0.1, 0.15) is 37.4 Å². The molecule has 0 bridgehead atoms. The first-order valence-electron chi connectivity index (χ1n) is 7.09. The predicted octanol–water partition coefficient (Wildman–Crippen LogP) is 4.76. The molecule has 0 radical (unpaired) electrons. The van der Waals surface area contributed by atoms with Crippen molar-refractivity contribution in [3.05, 3.63) is 46.2 Å². The normalized spacial score (nSPS) is 12.4. The summed E-state index contributed by atoms with van der Waals surface area (Å²) >= 11 is 5.16. The van der Waals surface area contributed by atoms with E-state index in [2.05, 4.69) is 63.3 Å². The van der Waals surface area contributed by atoms with Crippen LogP contribution in [0.4, 0.5) is 0 Å². The summed E-state index contributed by atoms with van der Waals surface area (Å²) in [6.07, 6.45) is 4.84. The third kappa shape index (κ3) is 4.80. The zero-order valence-electron chi connectivity index (χ0n) is 12.6. The summed E-state index contributed by atoms with van der Waals surface area (Å²) in [5.74, 6) is 0. The van der Waals surface area contributed by atoms with Crippen LogP contribution in [0.25, 0.3) is 0 Å². The molecule has 0 aliphatic rings. The van der Waals surface area contributed by atoms with Crippen molar-refractivity contribution in [2.24, 2.45) is 0 Å². The average Bonchev–Trinajstić information content (AvgIpc) is 2.47. The first-order chi connectivity index (χ1) is 10.1. The number of nitrogens with zero attached hydrogens (tertiary/aromatic N) is 2. The molecule has 112 valence electrons. The molecule has 1 N–H and O–H groups in total. The molecule has 0 fully saturated rings. The Morgan fingerprint density at radius 2 is 2.00 bits per heavy atom. The fraction of sp³-hybridized carbons (Fsp3) is 0.375. The highest BCUT2D eigenvalue weighted by Gasteiger charge is 2.12. The van der Waals surface area contributed by atoms with E-state index in [4.69, 9.17) is 0 Å². The van der Waals surface area contributed by atoms with Gasteiger partial charge in [0.1, 0.15) is 0 Å². The summed E-state index contributed by atoms with van der Waals surface area (Å²) in [4.78, 5) is 9.95. The van der Waals surface area contributed by atoms with Gasteiger partial charge in [0.05, 0.1) is 0 Å². The minimum atomic E-state index is 0.311. The molecule has 5 heteroatoms. The molecule has 2 rings (SSSR count). The number of hydrogen-bond acceptors (Lipinski definition) is 4. The zero-order chi connectivity index (χ0) is 15.2. The Kier molecular flexibility index (Phi) is 6.21. The molecule has 21 heavy (non-hydrogen) atoms. The molecule has 1 unspecified atom stereocenters. The molecule has 1 atom stereocenters. The molecule has 1 heterocycles. The lowest BCUT2D eigenvalue weighted by molar-refractivity contribution is 0.563. The molecule has 1 aromatic carbocycles. The summed E-state index contributed by atoms with van der Waals surface area (Å²) < 4.78 is 1.07. The van der Waals surface area contributed by atoms with E-state index in [1.807, 2.05) is 19.3 Å². The van der Waals surface area contributed by atoms with Gasteiger partial charge in [0.15, 0.2) is 5.16 Å². The number of halogens is 1. The monoisotopic (exact) mass is 365 g/mol. The maximum Gasteiger partial charge on any atom is 0.192 e. The summed E-state index contributed by atoms with van der Waals surface area (Å²) in [6.45, 7) is 7.38. The maximum atomic E-state index is 4.38. The van der Waals surface area contributed by atoms with Gasteiger partial charge in [-0.25, -0.2) is 9.97 Å². The Morgan fingerprint density at radius 1 is 1.29 bits per heavy atom. The van der Waals surface area contributed by atoms with E-state index in [0.717, 1.165) is 28.2 Å². The predicted molar refractivity (Wildman–Crippen MR) is 91.7 cm³/mol. The maximum absolute atomic E-state index is 4.38. The molecule has 0 aliphatic carbocycles. The third-order valence-electron chi connectivity index (χ3n) is 3.10. The van der Waals surface area contributed by atoms with E-state index < -0.39 is 0 Å². The first-order valence-corrected chi connectivity index (χ1v) is 8.70. The van der Waals surface area contributed by atoms with Crippen LogP contribution in [0.5, 0.6) is 0 Å². The molecular weight excluding hydrogens is 346 g/mol. The highest BCUT2D eigenvalue weighted by molar-refractivity contribution is 9.10. The fourth-order valence-corrected chi connectivity index (χ4v) is 3.43. The third-order valence-corrected chi connectivity index (χ3v) is 4.56. The topological polar surface area (TPSA) is 37.8 Å². The van der Waals surface area contributed by atoms with Crippen molar-refractivity contribution in [1.29, 1.82) is 0 Å². The molecule has 0 aliphatic heterocycles. The Morgan fingerprint density at radius 3 is 2.67 bits per heavy atom. The minimum Gasteiger partial charge on any atom is -0.310 e. The number of rotatable bonds is 6. The van der Waals surface area contributed by atoms with E-state index in [1.54, 1.807) is 11.8 Å². The van der Waals surface area contributed by atoms with Crippen molar-refractivity contribution < 1.29 is 0 Å². The Balaban J connectivity index is 2.24. The molecular formula is C16H20BrN3S. The lowest BCUT2D eigenvalue weighted by atomic mass is 10.1. The van der Waals surface area contributed by atoms with Gasteiger partial charge in [-0.05, 0) is 61.8 Å². The van der Waals surface area contributed by atoms with Crippen LogP contribution < -0.4 is 5.32 Å². The molecule has 2 aromatic rings. The van der Waals surface area contributed by atoms with Crippen LogP contribution in [-0.2, 0) is 0 Å².